The predicted octanol–water partition coefficient (Wildman–Crippen LogP) is 2.19. The fourth-order valence-electron chi connectivity index (χ4n) is 2.16. The number of nitrogens with one attached hydrogen (secondary N) is 1. The first-order valence-electron chi connectivity index (χ1n) is 7.53. The third-order valence-electron chi connectivity index (χ3n) is 3.18. The zero-order chi connectivity index (χ0) is 16.6. The molecule has 0 aliphatic carbocycles. The second-order valence-electron chi connectivity index (χ2n) is 4.19. The number of hydrogen-bond acceptors (Lipinski definition) is 3. The first-order chi connectivity index (χ1) is 10.0. The Morgan fingerprint density at radius 3 is 2.19 bits per heavy atom. The Morgan fingerprint density at radius 1 is 1.19 bits per heavy atom. The zero-order valence-corrected chi connectivity index (χ0v) is 13.7. The molecular formula is C16H26N2O3. The Bertz CT molecular complexity index is 452. The number of carbonyl (C=O) groups excluding carboxylic acids is 3. The van der Waals surface area contributed by atoms with Crippen LogP contribution in [0, 0.1) is 0 Å². The van der Waals surface area contributed by atoms with E-state index in [1.807, 2.05) is 40.7 Å². The molecule has 2 rings (SSSR count). The van der Waals surface area contributed by atoms with E-state index in [-0.39, 0.29) is 24.1 Å². The number of allylic oxidation sites excluding steroid dienone is 1. The van der Waals surface area contributed by atoms with Crippen molar-refractivity contribution in [3.05, 3.63) is 23.8 Å². The molecular weight excluding hydrogens is 268 g/mol. The van der Waals surface area contributed by atoms with E-state index in [9.17, 15) is 14.4 Å². The summed E-state index contributed by atoms with van der Waals surface area (Å²) >= 11 is 0. The molecule has 5 nitrogen and oxygen atoms in total. The number of hydrogen-bond donors (Lipinski definition) is 1. The van der Waals surface area contributed by atoms with Gasteiger partial charge >= 0.3 is 0 Å². The summed E-state index contributed by atoms with van der Waals surface area (Å²) in [7, 11) is 0. The van der Waals surface area contributed by atoms with Crippen molar-refractivity contribution in [1.82, 2.24) is 10.2 Å². The fraction of sp³-hybridized carbons (Fsp3) is 0.562. The smallest absolute Gasteiger partial charge is 0.254 e. The third-order valence-corrected chi connectivity index (χ3v) is 3.18. The molecule has 0 radical (unpaired) electrons. The first-order valence-corrected chi connectivity index (χ1v) is 7.53. The van der Waals surface area contributed by atoms with Gasteiger partial charge in [0.2, 0.25) is 11.8 Å². The maximum atomic E-state index is 11.9. The van der Waals surface area contributed by atoms with Gasteiger partial charge in [-0.05, 0) is 18.9 Å². The molecule has 1 unspecified atom stereocenters. The minimum atomic E-state index is -0.547. The molecule has 1 N–H and O–H groups in total. The number of rotatable bonds is 1. The van der Waals surface area contributed by atoms with Gasteiger partial charge in [0, 0.05) is 18.5 Å². The van der Waals surface area contributed by atoms with Gasteiger partial charge in [-0.3, -0.25) is 19.7 Å². The van der Waals surface area contributed by atoms with Crippen molar-refractivity contribution in [2.45, 2.75) is 53.5 Å². The summed E-state index contributed by atoms with van der Waals surface area (Å²) in [6.45, 7) is 14.0. The Labute approximate surface area is 127 Å². The summed E-state index contributed by atoms with van der Waals surface area (Å²) in [5, 5.41) is 2.25. The third kappa shape index (κ3) is 4.28. The summed E-state index contributed by atoms with van der Waals surface area (Å²) in [5.41, 5.74) is 1.29. The molecule has 2 aliphatic heterocycles. The summed E-state index contributed by atoms with van der Waals surface area (Å²) in [5.74, 6) is -0.879. The lowest BCUT2D eigenvalue weighted by Gasteiger charge is -2.28. The Hall–Kier alpha value is -1.91. The van der Waals surface area contributed by atoms with Gasteiger partial charge in [-0.1, -0.05) is 40.3 Å². The van der Waals surface area contributed by atoms with Crippen LogP contribution in [-0.2, 0) is 14.4 Å². The number of imide groups is 1. The van der Waals surface area contributed by atoms with E-state index in [2.05, 4.69) is 11.9 Å². The van der Waals surface area contributed by atoms with Crippen molar-refractivity contribution in [3.63, 3.8) is 0 Å². The van der Waals surface area contributed by atoms with Crippen LogP contribution >= 0.6 is 0 Å². The second-order valence-corrected chi connectivity index (χ2v) is 4.19. The average Bonchev–Trinajstić information content (AvgIpc) is 2.79. The topological polar surface area (TPSA) is 66.5 Å². The average molecular weight is 294 g/mol. The highest BCUT2D eigenvalue weighted by atomic mass is 16.2. The molecule has 0 aromatic carbocycles. The van der Waals surface area contributed by atoms with Crippen molar-refractivity contribution in [1.29, 1.82) is 0 Å². The minimum absolute atomic E-state index is 0.215. The number of nitrogens with zero attached hydrogens (tertiary/aromatic N) is 1. The van der Waals surface area contributed by atoms with Crippen LogP contribution in [0.5, 0.6) is 0 Å². The highest BCUT2D eigenvalue weighted by Gasteiger charge is 2.39. The fourth-order valence-corrected chi connectivity index (χ4v) is 2.16. The van der Waals surface area contributed by atoms with Gasteiger partial charge in [-0.15, -0.1) is 0 Å². The van der Waals surface area contributed by atoms with Gasteiger partial charge < -0.3 is 4.90 Å². The molecule has 5 heteroatoms. The second kappa shape index (κ2) is 9.10. The predicted molar refractivity (Wildman–Crippen MR) is 83.5 cm³/mol. The number of amides is 3. The lowest BCUT2D eigenvalue weighted by molar-refractivity contribution is -0.142. The van der Waals surface area contributed by atoms with Gasteiger partial charge in [0.15, 0.2) is 0 Å². The number of likely N-dealkylation sites (tertiary alicyclic amines) is 1. The van der Waals surface area contributed by atoms with E-state index in [4.69, 9.17) is 0 Å². The maximum Gasteiger partial charge on any atom is 0.254 e. The lowest BCUT2D eigenvalue weighted by atomic mass is 10.0. The first kappa shape index (κ1) is 19.1. The van der Waals surface area contributed by atoms with E-state index in [1.54, 1.807) is 0 Å². The number of carbonyl (C=O) groups is 3. The van der Waals surface area contributed by atoms with Crippen LogP contribution in [0.15, 0.2) is 23.8 Å². The molecule has 0 spiro atoms. The molecule has 2 aliphatic rings. The Morgan fingerprint density at radius 2 is 1.76 bits per heavy atom. The standard InChI is InChI=1S/C12H14N2O3.2C2H6/c1-3-8-6-14(12(17)7(8)2)9-4-5-10(15)13-11(9)16;2*1-2/h3,9H,2,4-6H2,1H3,(H,13,15,16);2*1-2H3/b8-3-;;. The molecule has 2 heterocycles. The van der Waals surface area contributed by atoms with Crippen LogP contribution in [0.2, 0.25) is 0 Å². The van der Waals surface area contributed by atoms with Crippen molar-refractivity contribution in [2.75, 3.05) is 6.54 Å². The summed E-state index contributed by atoms with van der Waals surface area (Å²) < 4.78 is 0. The molecule has 2 saturated heterocycles. The molecule has 3 amide bonds. The molecule has 0 aromatic rings. The van der Waals surface area contributed by atoms with Crippen LogP contribution in [-0.4, -0.2) is 35.2 Å². The van der Waals surface area contributed by atoms with Crippen LogP contribution in [0.3, 0.4) is 0 Å². The zero-order valence-electron chi connectivity index (χ0n) is 13.7. The van der Waals surface area contributed by atoms with E-state index in [0.29, 0.717) is 18.5 Å². The van der Waals surface area contributed by atoms with E-state index < -0.39 is 6.04 Å². The maximum absolute atomic E-state index is 11.9. The van der Waals surface area contributed by atoms with Crippen molar-refractivity contribution in [2.24, 2.45) is 0 Å². The van der Waals surface area contributed by atoms with Gasteiger partial charge in [-0.25, -0.2) is 0 Å². The van der Waals surface area contributed by atoms with Crippen LogP contribution < -0.4 is 5.32 Å². The molecule has 118 valence electrons. The normalized spacial score (nSPS) is 23.2. The van der Waals surface area contributed by atoms with E-state index >= 15 is 0 Å². The number of piperidine rings is 1. The monoisotopic (exact) mass is 294 g/mol. The SMILES string of the molecule is C=C1C(=O)N(C2CCC(=O)NC2=O)C/C1=C/C.CC.CC. The van der Waals surface area contributed by atoms with Gasteiger partial charge in [0.1, 0.15) is 6.04 Å². The van der Waals surface area contributed by atoms with E-state index in [0.717, 1.165) is 5.57 Å². The summed E-state index contributed by atoms with van der Waals surface area (Å²) in [4.78, 5) is 36.1. The van der Waals surface area contributed by atoms with Crippen LogP contribution in [0.1, 0.15) is 47.5 Å². The van der Waals surface area contributed by atoms with Crippen molar-refractivity contribution >= 4 is 17.7 Å². The molecule has 21 heavy (non-hydrogen) atoms. The van der Waals surface area contributed by atoms with E-state index in [1.165, 1.54) is 4.90 Å². The minimum Gasteiger partial charge on any atom is -0.322 e. The molecule has 0 saturated carbocycles. The van der Waals surface area contributed by atoms with Gasteiger partial charge in [0.25, 0.3) is 5.91 Å². The highest BCUT2D eigenvalue weighted by Crippen LogP contribution is 2.26. The van der Waals surface area contributed by atoms with Crippen LogP contribution in [0.4, 0.5) is 0 Å². The van der Waals surface area contributed by atoms with Crippen LogP contribution in [0.25, 0.3) is 0 Å². The van der Waals surface area contributed by atoms with Gasteiger partial charge in [-0.2, -0.15) is 0 Å². The molecule has 0 bridgehead atoms. The molecule has 0 aromatic heterocycles. The molecule has 1 atom stereocenters. The quantitative estimate of drug-likeness (QED) is 0.595. The lowest BCUT2D eigenvalue weighted by Crippen LogP contribution is -2.52. The summed E-state index contributed by atoms with van der Waals surface area (Å²) in [6.07, 6.45) is 2.49. The highest BCUT2D eigenvalue weighted by molar-refractivity contribution is 6.06. The molecule has 2 fully saturated rings. The van der Waals surface area contributed by atoms with Crippen molar-refractivity contribution < 1.29 is 14.4 Å². The summed E-state index contributed by atoms with van der Waals surface area (Å²) in [6, 6.07) is -0.547. The Balaban J connectivity index is 0.000000921. The van der Waals surface area contributed by atoms with Gasteiger partial charge in [0.05, 0.1) is 0 Å². The Kier molecular flexibility index (Phi) is 8.28. The van der Waals surface area contributed by atoms with Crippen molar-refractivity contribution in [3.8, 4) is 0 Å². The largest absolute Gasteiger partial charge is 0.322 e.